The number of aromatic hydroxyl groups is 3. The Hall–Kier alpha value is -3.25. The Balaban J connectivity index is 1.49. The van der Waals surface area contributed by atoms with Gasteiger partial charge in [0.1, 0.15) is 28.9 Å². The molecule has 5 aliphatic rings. The number of phenols is 2. The van der Waals surface area contributed by atoms with Crippen LogP contribution in [0.25, 0.3) is 0 Å². The Morgan fingerprint density at radius 1 is 1.03 bits per heavy atom. The Morgan fingerprint density at radius 2 is 1.74 bits per heavy atom. The average Bonchev–Trinajstić information content (AvgIpc) is 2.62. The standard InChI is InChI=1S/C24H22O11/c1-21-8-23(31)19(15(28)6-13-3-12(26)5-16(29)33-13)24(32,35-21)9-22(34-21)7-10-2-11(25)4-14(27)17(10)18(30)20(22)23/h2-5,19-20,25-27,31-32H,6-9H2,1H3/t19-,20?,21+,22+,23+,24-/m1/s1. The van der Waals surface area contributed by atoms with Crippen molar-refractivity contribution < 1.29 is 49.0 Å². The van der Waals surface area contributed by atoms with Crippen LogP contribution in [0.5, 0.6) is 17.2 Å². The molecule has 5 N–H and O–H groups in total. The molecule has 11 heteroatoms. The molecule has 4 bridgehead atoms. The van der Waals surface area contributed by atoms with Crippen molar-refractivity contribution in [3.05, 3.63) is 51.6 Å². The van der Waals surface area contributed by atoms with Crippen LogP contribution in [0.2, 0.25) is 0 Å². The van der Waals surface area contributed by atoms with Gasteiger partial charge in [0, 0.05) is 31.4 Å². The highest BCUT2D eigenvalue weighted by molar-refractivity contribution is 6.05. The van der Waals surface area contributed by atoms with Crippen LogP contribution in [-0.2, 0) is 27.1 Å². The van der Waals surface area contributed by atoms with Crippen LogP contribution < -0.4 is 5.63 Å². The highest BCUT2D eigenvalue weighted by Gasteiger charge is 2.81. The maximum atomic E-state index is 13.7. The normalized spacial score (nSPS) is 38.8. The number of aliphatic hydroxyl groups is 2. The van der Waals surface area contributed by atoms with E-state index in [0.29, 0.717) is 0 Å². The lowest BCUT2D eigenvalue weighted by atomic mass is 9.48. The van der Waals surface area contributed by atoms with E-state index in [1.54, 1.807) is 0 Å². The Morgan fingerprint density at radius 3 is 2.46 bits per heavy atom. The first-order valence-electron chi connectivity index (χ1n) is 11.1. The summed E-state index contributed by atoms with van der Waals surface area (Å²) in [7, 11) is 0. The SMILES string of the molecule is C[C@@]12C[C@@]3(O)C4C(=O)c5c(O)cc(O)cc5C[C@@]4(C[C@@](O)(O1)[C@@H]3C(=O)Cc1cc(O)cc(=O)o1)O2. The van der Waals surface area contributed by atoms with E-state index in [1.165, 1.54) is 13.0 Å². The zero-order chi connectivity index (χ0) is 25.1. The number of benzene rings is 1. The van der Waals surface area contributed by atoms with E-state index < -0.39 is 69.7 Å². The van der Waals surface area contributed by atoms with Gasteiger partial charge in [-0.15, -0.1) is 0 Å². The van der Waals surface area contributed by atoms with E-state index in [0.717, 1.165) is 18.2 Å². The summed E-state index contributed by atoms with van der Waals surface area (Å²) < 4.78 is 17.0. The predicted octanol–water partition coefficient (Wildman–Crippen LogP) is 0.268. The number of hydrogen-bond donors (Lipinski definition) is 5. The van der Waals surface area contributed by atoms with E-state index in [4.69, 9.17) is 13.9 Å². The van der Waals surface area contributed by atoms with Crippen molar-refractivity contribution in [2.24, 2.45) is 11.8 Å². The molecule has 6 atom stereocenters. The molecule has 4 fully saturated rings. The van der Waals surface area contributed by atoms with Gasteiger partial charge in [-0.25, -0.2) is 4.79 Å². The van der Waals surface area contributed by atoms with Crippen molar-refractivity contribution in [1.29, 1.82) is 0 Å². The van der Waals surface area contributed by atoms with Gasteiger partial charge in [0.05, 0.1) is 35.2 Å². The lowest BCUT2D eigenvalue weighted by Gasteiger charge is -2.71. The number of ether oxygens (including phenoxy) is 2. The number of carbonyl (C=O) groups excluding carboxylic acids is 2. The van der Waals surface area contributed by atoms with Crippen molar-refractivity contribution in [2.75, 3.05) is 0 Å². The Labute approximate surface area is 197 Å². The average molecular weight is 486 g/mol. The molecule has 0 amide bonds. The second kappa shape index (κ2) is 6.49. The molecule has 1 unspecified atom stereocenters. The number of fused-ring (bicyclic) bond motifs is 1. The monoisotopic (exact) mass is 486 g/mol. The summed E-state index contributed by atoms with van der Waals surface area (Å²) in [4.78, 5) is 38.9. The molecule has 35 heavy (non-hydrogen) atoms. The van der Waals surface area contributed by atoms with Crippen molar-refractivity contribution in [1.82, 2.24) is 0 Å². The number of rotatable bonds is 3. The van der Waals surface area contributed by atoms with Gasteiger partial charge < -0.3 is 39.4 Å². The smallest absolute Gasteiger partial charge is 0.339 e. The van der Waals surface area contributed by atoms with Crippen LogP contribution in [0, 0.1) is 11.8 Å². The molecular weight excluding hydrogens is 464 g/mol. The molecule has 2 aromatic rings. The fourth-order valence-electron chi connectivity index (χ4n) is 7.08. The summed E-state index contributed by atoms with van der Waals surface area (Å²) in [5.74, 6) is -9.49. The van der Waals surface area contributed by atoms with Gasteiger partial charge in [-0.05, 0) is 18.6 Å². The van der Waals surface area contributed by atoms with Crippen LogP contribution in [0.15, 0.2) is 33.5 Å². The van der Waals surface area contributed by atoms with Gasteiger partial charge in [-0.3, -0.25) is 9.59 Å². The quantitative estimate of drug-likeness (QED) is 0.401. The molecule has 184 valence electrons. The minimum Gasteiger partial charge on any atom is -0.508 e. The third-order valence-corrected chi connectivity index (χ3v) is 7.60. The number of ketones is 2. The van der Waals surface area contributed by atoms with Gasteiger partial charge in [-0.2, -0.15) is 0 Å². The number of carbonyl (C=O) groups is 2. The maximum absolute atomic E-state index is 13.7. The number of Topliss-reactive ketones (excluding diaryl/α,β-unsaturated/α-hetero) is 2. The summed E-state index contributed by atoms with van der Waals surface area (Å²) in [5, 5.41) is 53.7. The van der Waals surface area contributed by atoms with Gasteiger partial charge in [0.2, 0.25) is 0 Å². The molecule has 7 rings (SSSR count). The Kier molecular flexibility index (Phi) is 4.12. The fraction of sp³-hybridized carbons (Fsp3) is 0.458. The largest absolute Gasteiger partial charge is 0.508 e. The van der Waals surface area contributed by atoms with Crippen molar-refractivity contribution in [3.63, 3.8) is 0 Å². The van der Waals surface area contributed by atoms with Gasteiger partial charge in [0.15, 0.2) is 23.1 Å². The van der Waals surface area contributed by atoms with Crippen molar-refractivity contribution in [2.45, 2.75) is 55.4 Å². The first-order valence-corrected chi connectivity index (χ1v) is 11.1. The van der Waals surface area contributed by atoms with Gasteiger partial charge in [0.25, 0.3) is 0 Å². The first-order chi connectivity index (χ1) is 16.3. The van der Waals surface area contributed by atoms with Crippen LogP contribution in [0.4, 0.5) is 0 Å². The number of phenolic OH excluding ortho intramolecular Hbond substituents is 2. The summed E-state index contributed by atoms with van der Waals surface area (Å²) in [6.07, 6.45) is -1.27. The second-order valence-electron chi connectivity index (χ2n) is 10.2. The first kappa shape index (κ1) is 22.2. The topological polar surface area (TPSA) is 184 Å². The van der Waals surface area contributed by atoms with E-state index in [2.05, 4.69) is 0 Å². The lowest BCUT2D eigenvalue weighted by molar-refractivity contribution is -0.509. The minimum absolute atomic E-state index is 0.0351. The van der Waals surface area contributed by atoms with Crippen molar-refractivity contribution >= 4 is 11.6 Å². The summed E-state index contributed by atoms with van der Waals surface area (Å²) >= 11 is 0. The van der Waals surface area contributed by atoms with Crippen LogP contribution >= 0.6 is 0 Å². The fourth-order valence-corrected chi connectivity index (χ4v) is 7.08. The van der Waals surface area contributed by atoms with Crippen LogP contribution in [0.3, 0.4) is 0 Å². The summed E-state index contributed by atoms with van der Waals surface area (Å²) in [6, 6.07) is 4.23. The molecule has 2 aliphatic carbocycles. The van der Waals surface area contributed by atoms with E-state index in [1.807, 2.05) is 0 Å². The molecule has 3 aliphatic heterocycles. The zero-order valence-electron chi connectivity index (χ0n) is 18.5. The third kappa shape index (κ3) is 2.89. The molecule has 4 heterocycles. The van der Waals surface area contributed by atoms with Gasteiger partial charge in [-0.1, -0.05) is 0 Å². The van der Waals surface area contributed by atoms with E-state index in [9.17, 15) is 39.9 Å². The lowest BCUT2D eigenvalue weighted by Crippen LogP contribution is -2.85. The molecule has 11 nitrogen and oxygen atoms in total. The summed E-state index contributed by atoms with van der Waals surface area (Å²) in [5.41, 5.74) is -4.29. The molecule has 1 aromatic heterocycles. The Bertz CT molecular complexity index is 1380. The molecule has 3 saturated heterocycles. The predicted molar refractivity (Wildman–Crippen MR) is 113 cm³/mol. The van der Waals surface area contributed by atoms with E-state index >= 15 is 0 Å². The third-order valence-electron chi connectivity index (χ3n) is 7.60. The van der Waals surface area contributed by atoms with Gasteiger partial charge >= 0.3 is 5.63 Å². The van der Waals surface area contributed by atoms with Crippen LogP contribution in [0.1, 0.15) is 41.4 Å². The highest BCUT2D eigenvalue weighted by Crippen LogP contribution is 2.67. The minimum atomic E-state index is -2.22. The van der Waals surface area contributed by atoms with Crippen molar-refractivity contribution in [3.8, 4) is 17.2 Å². The maximum Gasteiger partial charge on any atom is 0.339 e. The molecule has 1 spiro atoms. The molecule has 1 aromatic carbocycles. The molecular formula is C24H22O11. The highest BCUT2D eigenvalue weighted by atomic mass is 16.8. The summed E-state index contributed by atoms with van der Waals surface area (Å²) in [6.45, 7) is 1.50. The van der Waals surface area contributed by atoms with Crippen LogP contribution in [-0.4, -0.2) is 59.9 Å². The van der Waals surface area contributed by atoms with E-state index in [-0.39, 0.29) is 41.9 Å². The zero-order valence-corrected chi connectivity index (χ0v) is 18.5. The number of hydrogen-bond acceptors (Lipinski definition) is 11. The molecule has 1 saturated carbocycles. The molecule has 0 radical (unpaired) electrons. The second-order valence-corrected chi connectivity index (χ2v) is 10.2.